The molecule has 2 amide bonds. The summed E-state index contributed by atoms with van der Waals surface area (Å²) in [6.45, 7) is 2.16. The number of hydrogen-bond donors (Lipinski definition) is 0. The lowest BCUT2D eigenvalue weighted by Crippen LogP contribution is -2.50. The molecule has 1 aliphatic heterocycles. The molecule has 2 aromatic carbocycles. The van der Waals surface area contributed by atoms with Crippen molar-refractivity contribution in [2.24, 2.45) is 0 Å². The lowest BCUT2D eigenvalue weighted by atomic mass is 10.0. The lowest BCUT2D eigenvalue weighted by Gasteiger charge is -2.34. The minimum absolute atomic E-state index is 0.0252. The number of carbonyl (C=O) groups excluding carboxylic acids is 2. The molecule has 136 valence electrons. The zero-order chi connectivity index (χ0) is 18.6. The molecule has 1 aliphatic rings. The van der Waals surface area contributed by atoms with Gasteiger partial charge in [0, 0.05) is 49.4 Å². The van der Waals surface area contributed by atoms with E-state index in [1.54, 1.807) is 23.2 Å². The van der Waals surface area contributed by atoms with E-state index in [1.807, 2.05) is 52.7 Å². The lowest BCUT2D eigenvalue weighted by molar-refractivity contribution is -0.127. The van der Waals surface area contributed by atoms with Gasteiger partial charge in [-0.1, -0.05) is 36.4 Å². The van der Waals surface area contributed by atoms with Crippen LogP contribution in [0.1, 0.15) is 15.4 Å². The van der Waals surface area contributed by atoms with Gasteiger partial charge in [-0.3, -0.25) is 9.59 Å². The highest BCUT2D eigenvalue weighted by atomic mass is 32.1. The third-order valence-corrected chi connectivity index (χ3v) is 5.46. The van der Waals surface area contributed by atoms with E-state index in [0.717, 1.165) is 21.3 Å². The molecular formula is C21H19N3O2S. The highest BCUT2D eigenvalue weighted by Gasteiger charge is 2.24. The Hall–Kier alpha value is -2.99. The molecule has 2 heterocycles. The van der Waals surface area contributed by atoms with Gasteiger partial charge in [0.05, 0.1) is 0 Å². The predicted octanol–water partition coefficient (Wildman–Crippen LogP) is 3.29. The van der Waals surface area contributed by atoms with Crippen molar-refractivity contribution in [3.63, 3.8) is 0 Å². The van der Waals surface area contributed by atoms with Crippen LogP contribution in [0.15, 0.2) is 60.1 Å². The number of carbonyl (C=O) groups is 2. The summed E-state index contributed by atoms with van der Waals surface area (Å²) >= 11 is 1.49. The van der Waals surface area contributed by atoms with Crippen molar-refractivity contribution in [3.8, 4) is 0 Å². The number of amides is 2. The first-order valence-corrected chi connectivity index (χ1v) is 9.74. The first kappa shape index (κ1) is 17.4. The Morgan fingerprint density at radius 2 is 1.70 bits per heavy atom. The van der Waals surface area contributed by atoms with Crippen molar-refractivity contribution in [2.75, 3.05) is 26.2 Å². The van der Waals surface area contributed by atoms with E-state index in [1.165, 1.54) is 11.3 Å². The second kappa shape index (κ2) is 7.72. The summed E-state index contributed by atoms with van der Waals surface area (Å²) in [6.07, 6.45) is 5.01. The Morgan fingerprint density at radius 1 is 0.963 bits per heavy atom. The van der Waals surface area contributed by atoms with Crippen LogP contribution in [0.2, 0.25) is 0 Å². The number of aromatic nitrogens is 1. The van der Waals surface area contributed by atoms with Crippen LogP contribution in [0.4, 0.5) is 0 Å². The van der Waals surface area contributed by atoms with Gasteiger partial charge >= 0.3 is 0 Å². The molecule has 0 N–H and O–H groups in total. The number of fused-ring (bicyclic) bond motifs is 1. The zero-order valence-electron chi connectivity index (χ0n) is 14.7. The third kappa shape index (κ3) is 3.75. The molecule has 0 saturated carbocycles. The fourth-order valence-corrected chi connectivity index (χ4v) is 3.81. The quantitative estimate of drug-likeness (QED) is 0.658. The fraction of sp³-hybridized carbons (Fsp3) is 0.190. The SMILES string of the molecule is O=C(/C=C/c1nccs1)N1CCN(C(=O)c2cccc3ccccc23)CC1. The summed E-state index contributed by atoms with van der Waals surface area (Å²) in [4.78, 5) is 33.0. The Balaban J connectivity index is 1.41. The molecular weight excluding hydrogens is 358 g/mol. The van der Waals surface area contributed by atoms with Gasteiger partial charge in [0.1, 0.15) is 5.01 Å². The topological polar surface area (TPSA) is 53.5 Å². The van der Waals surface area contributed by atoms with Crippen LogP contribution >= 0.6 is 11.3 Å². The average molecular weight is 377 g/mol. The molecule has 0 unspecified atom stereocenters. The molecule has 6 heteroatoms. The maximum Gasteiger partial charge on any atom is 0.254 e. The van der Waals surface area contributed by atoms with Gasteiger partial charge in [-0.15, -0.1) is 11.3 Å². The third-order valence-electron chi connectivity index (χ3n) is 4.72. The standard InChI is InChI=1S/C21H19N3O2S/c25-20(9-8-19-22-10-15-27-19)23-11-13-24(14-12-23)21(26)18-7-3-5-16-4-1-2-6-17(16)18/h1-10,15H,11-14H2/b9-8+. The van der Waals surface area contributed by atoms with Gasteiger partial charge in [0.15, 0.2) is 0 Å². The smallest absolute Gasteiger partial charge is 0.254 e. The van der Waals surface area contributed by atoms with E-state index in [2.05, 4.69) is 4.98 Å². The maximum atomic E-state index is 13.0. The number of piperazine rings is 1. The van der Waals surface area contributed by atoms with E-state index >= 15 is 0 Å². The second-order valence-electron chi connectivity index (χ2n) is 6.35. The summed E-state index contributed by atoms with van der Waals surface area (Å²) in [5.74, 6) is -0.0142. The molecule has 3 aromatic rings. The van der Waals surface area contributed by atoms with Crippen molar-refractivity contribution in [1.29, 1.82) is 0 Å². The number of thiazole rings is 1. The number of hydrogen-bond acceptors (Lipinski definition) is 4. The fourth-order valence-electron chi connectivity index (χ4n) is 3.28. The van der Waals surface area contributed by atoms with Crippen LogP contribution in [0.5, 0.6) is 0 Å². The van der Waals surface area contributed by atoms with Gasteiger partial charge in [-0.05, 0) is 22.9 Å². The highest BCUT2D eigenvalue weighted by Crippen LogP contribution is 2.20. The van der Waals surface area contributed by atoms with Crippen molar-refractivity contribution in [2.45, 2.75) is 0 Å². The normalized spacial score (nSPS) is 14.8. The van der Waals surface area contributed by atoms with Gasteiger partial charge in [0.2, 0.25) is 5.91 Å². The highest BCUT2D eigenvalue weighted by molar-refractivity contribution is 7.10. The molecule has 1 fully saturated rings. The van der Waals surface area contributed by atoms with Gasteiger partial charge in [-0.25, -0.2) is 4.98 Å². The van der Waals surface area contributed by atoms with E-state index in [4.69, 9.17) is 0 Å². The monoisotopic (exact) mass is 377 g/mol. The van der Waals surface area contributed by atoms with Crippen LogP contribution in [0.25, 0.3) is 16.8 Å². The number of nitrogens with zero attached hydrogens (tertiary/aromatic N) is 3. The molecule has 0 aliphatic carbocycles. The van der Waals surface area contributed by atoms with Crippen molar-refractivity contribution in [1.82, 2.24) is 14.8 Å². The summed E-state index contributed by atoms with van der Waals surface area (Å²) in [5.41, 5.74) is 0.719. The molecule has 0 radical (unpaired) electrons. The molecule has 27 heavy (non-hydrogen) atoms. The minimum atomic E-state index is -0.0394. The molecule has 5 nitrogen and oxygen atoms in total. The van der Waals surface area contributed by atoms with Crippen molar-refractivity contribution < 1.29 is 9.59 Å². The van der Waals surface area contributed by atoms with Crippen molar-refractivity contribution >= 4 is 40.0 Å². The first-order valence-electron chi connectivity index (χ1n) is 8.86. The van der Waals surface area contributed by atoms with Crippen LogP contribution in [-0.2, 0) is 4.79 Å². The summed E-state index contributed by atoms with van der Waals surface area (Å²) in [6, 6.07) is 13.7. The summed E-state index contributed by atoms with van der Waals surface area (Å²) in [7, 11) is 0. The van der Waals surface area contributed by atoms with Gasteiger partial charge < -0.3 is 9.80 Å². The van der Waals surface area contributed by atoms with E-state index < -0.39 is 0 Å². The second-order valence-corrected chi connectivity index (χ2v) is 7.27. The van der Waals surface area contributed by atoms with Crippen molar-refractivity contribution in [3.05, 3.63) is 70.7 Å². The molecule has 0 bridgehead atoms. The number of benzene rings is 2. The molecule has 1 aromatic heterocycles. The summed E-state index contributed by atoms with van der Waals surface area (Å²) in [5, 5.41) is 4.72. The van der Waals surface area contributed by atoms with Crippen LogP contribution in [0.3, 0.4) is 0 Å². The minimum Gasteiger partial charge on any atom is -0.336 e. The average Bonchev–Trinajstić information content (AvgIpc) is 3.25. The van der Waals surface area contributed by atoms with Crippen LogP contribution < -0.4 is 0 Å². The predicted molar refractivity (Wildman–Crippen MR) is 108 cm³/mol. The number of rotatable bonds is 3. The zero-order valence-corrected chi connectivity index (χ0v) is 15.6. The maximum absolute atomic E-state index is 13.0. The Morgan fingerprint density at radius 3 is 2.48 bits per heavy atom. The van der Waals surface area contributed by atoms with E-state index in [9.17, 15) is 9.59 Å². The van der Waals surface area contributed by atoms with Crippen LogP contribution in [0, 0.1) is 0 Å². The molecule has 4 rings (SSSR count). The Bertz CT molecular complexity index is 984. The molecule has 0 spiro atoms. The van der Waals surface area contributed by atoms with E-state index in [0.29, 0.717) is 26.2 Å². The molecule has 1 saturated heterocycles. The Labute approximate surface area is 161 Å². The van der Waals surface area contributed by atoms with E-state index in [-0.39, 0.29) is 11.8 Å². The van der Waals surface area contributed by atoms with Gasteiger partial charge in [0.25, 0.3) is 5.91 Å². The largest absolute Gasteiger partial charge is 0.336 e. The molecule has 0 atom stereocenters. The van der Waals surface area contributed by atoms with Crippen LogP contribution in [-0.4, -0.2) is 52.8 Å². The first-order chi connectivity index (χ1) is 13.2. The Kier molecular flexibility index (Phi) is 4.98. The van der Waals surface area contributed by atoms with Gasteiger partial charge in [-0.2, -0.15) is 0 Å². The summed E-state index contributed by atoms with van der Waals surface area (Å²) < 4.78 is 0.